The Kier molecular flexibility index (Phi) is 2.81. The van der Waals surface area contributed by atoms with Crippen molar-refractivity contribution in [3.8, 4) is 0 Å². The van der Waals surface area contributed by atoms with Crippen molar-refractivity contribution >= 4 is 5.82 Å². The van der Waals surface area contributed by atoms with Gasteiger partial charge in [-0.15, -0.1) is 0 Å². The van der Waals surface area contributed by atoms with E-state index < -0.39 is 0 Å². The van der Waals surface area contributed by atoms with Gasteiger partial charge in [-0.05, 0) is 43.7 Å². The maximum absolute atomic E-state index is 4.44. The van der Waals surface area contributed by atoms with Gasteiger partial charge in [0.15, 0.2) is 0 Å². The topological polar surface area (TPSA) is 16.1 Å². The lowest BCUT2D eigenvalue weighted by molar-refractivity contribution is 0.107. The van der Waals surface area contributed by atoms with Crippen LogP contribution in [0.5, 0.6) is 0 Å². The summed E-state index contributed by atoms with van der Waals surface area (Å²) in [6, 6.07) is 6.21. The van der Waals surface area contributed by atoms with E-state index in [0.717, 1.165) is 11.7 Å². The Bertz CT molecular complexity index is 358. The monoisotopic (exact) mass is 230 g/mol. The van der Waals surface area contributed by atoms with Gasteiger partial charge in [-0.2, -0.15) is 0 Å². The molecule has 17 heavy (non-hydrogen) atoms. The molecule has 0 aromatic carbocycles. The van der Waals surface area contributed by atoms with Crippen LogP contribution in [0.3, 0.4) is 0 Å². The van der Waals surface area contributed by atoms with Crippen LogP contribution < -0.4 is 4.90 Å². The lowest BCUT2D eigenvalue weighted by atomic mass is 9.65. The van der Waals surface area contributed by atoms with E-state index >= 15 is 0 Å². The van der Waals surface area contributed by atoms with Gasteiger partial charge in [-0.25, -0.2) is 4.98 Å². The third kappa shape index (κ3) is 2.05. The van der Waals surface area contributed by atoms with Gasteiger partial charge in [0.2, 0.25) is 0 Å². The molecular weight excluding hydrogens is 208 g/mol. The quantitative estimate of drug-likeness (QED) is 0.773. The van der Waals surface area contributed by atoms with Crippen LogP contribution in [0.25, 0.3) is 0 Å². The molecule has 0 unspecified atom stereocenters. The minimum Gasteiger partial charge on any atom is -0.355 e. The number of pyridine rings is 1. The van der Waals surface area contributed by atoms with Gasteiger partial charge in [-0.3, -0.25) is 0 Å². The SMILES string of the molecule is CCC1CCC2(CC1)CN(c1ccccn1)C2. The molecule has 1 aromatic rings. The van der Waals surface area contributed by atoms with E-state index in [1.54, 1.807) is 0 Å². The van der Waals surface area contributed by atoms with Crippen molar-refractivity contribution in [3.05, 3.63) is 24.4 Å². The summed E-state index contributed by atoms with van der Waals surface area (Å²) in [7, 11) is 0. The molecule has 1 aromatic heterocycles. The van der Waals surface area contributed by atoms with E-state index in [0.29, 0.717) is 5.41 Å². The second kappa shape index (κ2) is 4.32. The van der Waals surface area contributed by atoms with Crippen molar-refractivity contribution < 1.29 is 0 Å². The summed E-state index contributed by atoms with van der Waals surface area (Å²) >= 11 is 0. The first kappa shape index (κ1) is 11.1. The van der Waals surface area contributed by atoms with Crippen molar-refractivity contribution in [2.24, 2.45) is 11.3 Å². The van der Waals surface area contributed by atoms with Crippen molar-refractivity contribution in [2.75, 3.05) is 18.0 Å². The summed E-state index contributed by atoms with van der Waals surface area (Å²) in [6.45, 7) is 4.81. The van der Waals surface area contributed by atoms with E-state index in [9.17, 15) is 0 Å². The minimum absolute atomic E-state index is 0.642. The largest absolute Gasteiger partial charge is 0.355 e. The van der Waals surface area contributed by atoms with Gasteiger partial charge in [0, 0.05) is 24.7 Å². The Hall–Kier alpha value is -1.05. The summed E-state index contributed by atoms with van der Waals surface area (Å²) in [6.07, 6.45) is 9.05. The molecule has 0 radical (unpaired) electrons. The van der Waals surface area contributed by atoms with Gasteiger partial charge >= 0.3 is 0 Å². The van der Waals surface area contributed by atoms with Crippen LogP contribution in [0.15, 0.2) is 24.4 Å². The fraction of sp³-hybridized carbons (Fsp3) is 0.667. The lowest BCUT2D eigenvalue weighted by Crippen LogP contribution is -2.58. The molecule has 0 bridgehead atoms. The molecule has 0 N–H and O–H groups in total. The van der Waals surface area contributed by atoms with Crippen LogP contribution in [-0.2, 0) is 0 Å². The highest BCUT2D eigenvalue weighted by molar-refractivity contribution is 5.42. The van der Waals surface area contributed by atoms with Gasteiger partial charge in [-0.1, -0.05) is 19.4 Å². The van der Waals surface area contributed by atoms with Crippen LogP contribution in [0.4, 0.5) is 5.82 Å². The van der Waals surface area contributed by atoms with Gasteiger partial charge in [0.1, 0.15) is 5.82 Å². The molecular formula is C15H22N2. The van der Waals surface area contributed by atoms with Crippen LogP contribution in [-0.4, -0.2) is 18.1 Å². The first-order valence-corrected chi connectivity index (χ1v) is 6.97. The first-order valence-electron chi connectivity index (χ1n) is 6.97. The minimum atomic E-state index is 0.642. The normalized spacial score (nSPS) is 23.7. The Morgan fingerprint density at radius 2 is 2.06 bits per heavy atom. The van der Waals surface area contributed by atoms with E-state index in [-0.39, 0.29) is 0 Å². The molecule has 1 saturated carbocycles. The highest BCUT2D eigenvalue weighted by atomic mass is 15.3. The molecule has 2 heteroatoms. The molecule has 2 heterocycles. The molecule has 92 valence electrons. The predicted molar refractivity (Wildman–Crippen MR) is 71.1 cm³/mol. The van der Waals surface area contributed by atoms with E-state index in [2.05, 4.69) is 28.9 Å². The number of rotatable bonds is 2. The molecule has 1 spiro atoms. The molecule has 0 amide bonds. The fourth-order valence-corrected chi connectivity index (χ4v) is 3.48. The molecule has 2 fully saturated rings. The van der Waals surface area contributed by atoms with Gasteiger partial charge in [0.25, 0.3) is 0 Å². The zero-order valence-electron chi connectivity index (χ0n) is 10.7. The maximum atomic E-state index is 4.44. The zero-order chi connectivity index (χ0) is 11.7. The molecule has 2 nitrogen and oxygen atoms in total. The molecule has 1 saturated heterocycles. The van der Waals surface area contributed by atoms with E-state index in [4.69, 9.17) is 0 Å². The summed E-state index contributed by atoms with van der Waals surface area (Å²) in [5, 5.41) is 0. The lowest BCUT2D eigenvalue weighted by Gasteiger charge is -2.54. The average Bonchev–Trinajstić information content (AvgIpc) is 2.37. The van der Waals surface area contributed by atoms with Gasteiger partial charge < -0.3 is 4.90 Å². The Labute approximate surface area is 104 Å². The molecule has 1 aliphatic heterocycles. The third-order valence-corrected chi connectivity index (χ3v) is 4.77. The molecule has 2 aliphatic rings. The summed E-state index contributed by atoms with van der Waals surface area (Å²) in [4.78, 5) is 6.87. The standard InChI is InChI=1S/C15H22N2/c1-2-13-6-8-15(9-7-13)11-17(12-15)14-5-3-4-10-16-14/h3-5,10,13H,2,6-9,11-12H2,1H3. The predicted octanol–water partition coefficient (Wildman–Crippen LogP) is 3.49. The average molecular weight is 230 g/mol. The second-order valence-corrected chi connectivity index (χ2v) is 5.90. The first-order chi connectivity index (χ1) is 8.31. The summed E-state index contributed by atoms with van der Waals surface area (Å²) < 4.78 is 0. The number of hydrogen-bond acceptors (Lipinski definition) is 2. The molecule has 0 atom stereocenters. The van der Waals surface area contributed by atoms with E-state index in [1.165, 1.54) is 45.2 Å². The molecule has 1 aliphatic carbocycles. The van der Waals surface area contributed by atoms with Gasteiger partial charge in [0.05, 0.1) is 0 Å². The summed E-state index contributed by atoms with van der Waals surface area (Å²) in [5.41, 5.74) is 0.642. The number of nitrogens with zero attached hydrogens (tertiary/aromatic N) is 2. The Balaban J connectivity index is 1.58. The third-order valence-electron chi connectivity index (χ3n) is 4.77. The Morgan fingerprint density at radius 1 is 1.29 bits per heavy atom. The van der Waals surface area contributed by atoms with Crippen molar-refractivity contribution in [1.82, 2.24) is 4.98 Å². The smallest absolute Gasteiger partial charge is 0.128 e. The van der Waals surface area contributed by atoms with Crippen molar-refractivity contribution in [1.29, 1.82) is 0 Å². The number of hydrogen-bond donors (Lipinski definition) is 0. The second-order valence-electron chi connectivity index (χ2n) is 5.90. The van der Waals surface area contributed by atoms with Crippen LogP contribution in [0.1, 0.15) is 39.0 Å². The van der Waals surface area contributed by atoms with Crippen molar-refractivity contribution in [3.63, 3.8) is 0 Å². The van der Waals surface area contributed by atoms with Crippen LogP contribution in [0.2, 0.25) is 0 Å². The van der Waals surface area contributed by atoms with Crippen molar-refractivity contribution in [2.45, 2.75) is 39.0 Å². The Morgan fingerprint density at radius 3 is 2.65 bits per heavy atom. The van der Waals surface area contributed by atoms with Crippen LogP contribution >= 0.6 is 0 Å². The summed E-state index contributed by atoms with van der Waals surface area (Å²) in [5.74, 6) is 2.17. The highest BCUT2D eigenvalue weighted by Crippen LogP contribution is 2.47. The van der Waals surface area contributed by atoms with E-state index in [1.807, 2.05) is 12.3 Å². The molecule has 3 rings (SSSR count). The number of anilines is 1. The maximum Gasteiger partial charge on any atom is 0.128 e. The highest BCUT2D eigenvalue weighted by Gasteiger charge is 2.45. The fourth-order valence-electron chi connectivity index (χ4n) is 3.48. The zero-order valence-corrected chi connectivity index (χ0v) is 10.7. The van der Waals surface area contributed by atoms with Crippen LogP contribution in [0, 0.1) is 11.3 Å². The number of aromatic nitrogens is 1.